The van der Waals surface area contributed by atoms with Gasteiger partial charge in [-0.1, -0.05) is 25.1 Å². The number of carbonyl (C=O) groups excluding carboxylic acids is 1. The molecular weight excluding hydrogens is 476 g/mol. The van der Waals surface area contributed by atoms with Crippen LogP contribution in [0.3, 0.4) is 0 Å². The molecule has 3 aromatic rings. The summed E-state index contributed by atoms with van der Waals surface area (Å²) in [4.78, 5) is 26.1. The summed E-state index contributed by atoms with van der Waals surface area (Å²) in [7, 11) is -0.324. The van der Waals surface area contributed by atoms with Crippen LogP contribution in [0.5, 0.6) is 0 Å². The summed E-state index contributed by atoms with van der Waals surface area (Å²) in [6, 6.07) is 13.8. The number of nitrogens with zero attached hydrogens (tertiary/aromatic N) is 4. The molecule has 0 bridgehead atoms. The second-order valence-corrected chi connectivity index (χ2v) is 11.7. The van der Waals surface area contributed by atoms with Gasteiger partial charge >= 0.3 is 0 Å². The van der Waals surface area contributed by atoms with Crippen molar-refractivity contribution in [2.24, 2.45) is 5.92 Å². The summed E-state index contributed by atoms with van der Waals surface area (Å²) in [5.74, 6) is 0.120. The van der Waals surface area contributed by atoms with Crippen LogP contribution >= 0.6 is 0 Å². The van der Waals surface area contributed by atoms with Gasteiger partial charge < -0.3 is 15.5 Å². The van der Waals surface area contributed by atoms with Crippen molar-refractivity contribution < 1.29 is 13.2 Å². The number of hydrogen-bond acceptors (Lipinski definition) is 8. The molecule has 4 rings (SSSR count). The minimum atomic E-state index is -4.25. The lowest BCUT2D eigenvalue weighted by atomic mass is 9.97. The predicted octanol–water partition coefficient (Wildman–Crippen LogP) is 3.54. The lowest BCUT2D eigenvalue weighted by molar-refractivity contribution is 0.0981. The lowest BCUT2D eigenvalue weighted by Gasteiger charge is -2.33. The Morgan fingerprint density at radius 3 is 2.42 bits per heavy atom. The number of nitrogen functional groups attached to an aromatic ring is 1. The summed E-state index contributed by atoms with van der Waals surface area (Å²) in [6.07, 6.45) is 2.65. The summed E-state index contributed by atoms with van der Waals surface area (Å²) in [5.41, 5.74) is 8.19. The van der Waals surface area contributed by atoms with Crippen LogP contribution in [-0.2, 0) is 10.0 Å². The molecule has 1 aliphatic rings. The van der Waals surface area contributed by atoms with Gasteiger partial charge in [-0.15, -0.1) is 0 Å². The maximum atomic E-state index is 13.5. The molecule has 0 radical (unpaired) electrons. The van der Waals surface area contributed by atoms with Gasteiger partial charge in [0.25, 0.3) is 15.9 Å². The van der Waals surface area contributed by atoms with Crippen molar-refractivity contribution in [3.05, 3.63) is 60.3 Å². The number of sulfonamides is 1. The number of rotatable bonds is 6. The Hall–Kier alpha value is -3.66. The minimum Gasteiger partial charge on any atom is -0.384 e. The van der Waals surface area contributed by atoms with Crippen LogP contribution in [0.25, 0.3) is 11.1 Å². The maximum absolute atomic E-state index is 13.5. The smallest absolute Gasteiger partial charge is 0.281 e. The number of nitrogens with one attached hydrogen (secondary N) is 1. The van der Waals surface area contributed by atoms with Gasteiger partial charge in [-0.2, -0.15) is 8.42 Å². The van der Waals surface area contributed by atoms with E-state index in [1.165, 1.54) is 18.2 Å². The van der Waals surface area contributed by atoms with E-state index in [0.29, 0.717) is 23.8 Å². The van der Waals surface area contributed by atoms with Crippen LogP contribution in [0.2, 0.25) is 0 Å². The number of anilines is 3. The first-order valence-electron chi connectivity index (χ1n) is 11.7. The fourth-order valence-electron chi connectivity index (χ4n) is 4.72. The predicted molar refractivity (Wildman–Crippen MR) is 143 cm³/mol. The topological polar surface area (TPSA) is 122 Å². The van der Waals surface area contributed by atoms with E-state index in [4.69, 9.17) is 5.73 Å². The van der Waals surface area contributed by atoms with Crippen LogP contribution in [0.15, 0.2) is 59.8 Å². The van der Waals surface area contributed by atoms with Crippen LogP contribution in [0.1, 0.15) is 37.6 Å². The highest BCUT2D eigenvalue weighted by molar-refractivity contribution is 7.90. The average Bonchev–Trinajstić information content (AvgIpc) is 3.10. The quantitative estimate of drug-likeness (QED) is 0.519. The molecule has 1 unspecified atom stereocenters. The van der Waals surface area contributed by atoms with Crippen molar-refractivity contribution in [1.82, 2.24) is 14.7 Å². The molecule has 190 valence electrons. The fraction of sp³-hybridized carbons (Fsp3) is 0.346. The van der Waals surface area contributed by atoms with Gasteiger partial charge in [0.1, 0.15) is 11.6 Å². The molecule has 1 saturated heterocycles. The first-order chi connectivity index (χ1) is 16.9. The van der Waals surface area contributed by atoms with Gasteiger partial charge in [0.15, 0.2) is 5.03 Å². The zero-order valence-electron chi connectivity index (χ0n) is 21.2. The summed E-state index contributed by atoms with van der Waals surface area (Å²) >= 11 is 0. The van der Waals surface area contributed by atoms with Crippen molar-refractivity contribution in [2.45, 2.75) is 37.8 Å². The molecule has 3 heterocycles. The molecule has 1 atom stereocenters. The first kappa shape index (κ1) is 25.4. The molecule has 1 aliphatic heterocycles. The highest BCUT2D eigenvalue weighted by Crippen LogP contribution is 2.38. The zero-order valence-corrected chi connectivity index (χ0v) is 22.0. The van der Waals surface area contributed by atoms with Gasteiger partial charge in [-0.25, -0.2) is 14.7 Å². The molecule has 36 heavy (non-hydrogen) atoms. The second-order valence-electron chi connectivity index (χ2n) is 10.1. The third kappa shape index (κ3) is 5.13. The first-order valence-corrected chi connectivity index (χ1v) is 13.2. The normalized spacial score (nSPS) is 17.1. The Kier molecular flexibility index (Phi) is 6.66. The van der Waals surface area contributed by atoms with Crippen LogP contribution < -0.4 is 20.3 Å². The van der Waals surface area contributed by atoms with E-state index >= 15 is 0 Å². The number of pyridine rings is 2. The molecular formula is C26H32N6O3S. The van der Waals surface area contributed by atoms with Crippen LogP contribution in [-0.4, -0.2) is 50.5 Å². The molecule has 1 aromatic carbocycles. The standard InChI is InChI=1S/C26H32N6O3S/c1-17-14-26(2,3)32(16-17)24-21(25(33)30-36(34,35)23-8-6-7-22(27)29-23)13-19(15-28-24)18-9-11-20(12-10-18)31(4)5/h6-13,15,17H,14,16H2,1-5H3,(H2,27,29)(H,30,33). The molecule has 10 heteroatoms. The molecule has 1 fully saturated rings. The van der Waals surface area contributed by atoms with E-state index in [-0.39, 0.29) is 21.9 Å². The Morgan fingerprint density at radius 1 is 1.14 bits per heavy atom. The highest BCUT2D eigenvalue weighted by Gasteiger charge is 2.39. The van der Waals surface area contributed by atoms with Crippen molar-refractivity contribution in [3.8, 4) is 11.1 Å². The Bertz CT molecular complexity index is 1390. The molecule has 0 aliphatic carbocycles. The largest absolute Gasteiger partial charge is 0.384 e. The number of amides is 1. The molecule has 0 spiro atoms. The zero-order chi connectivity index (χ0) is 26.3. The second kappa shape index (κ2) is 9.42. The molecule has 9 nitrogen and oxygen atoms in total. The van der Waals surface area contributed by atoms with Gasteiger partial charge in [-0.3, -0.25) is 4.79 Å². The highest BCUT2D eigenvalue weighted by atomic mass is 32.2. The third-order valence-corrected chi connectivity index (χ3v) is 7.64. The summed E-state index contributed by atoms with van der Waals surface area (Å²) in [6.45, 7) is 7.06. The molecule has 3 N–H and O–H groups in total. The van der Waals surface area contributed by atoms with E-state index in [0.717, 1.165) is 17.7 Å². The maximum Gasteiger partial charge on any atom is 0.281 e. The Labute approximate surface area is 212 Å². The van der Waals surface area contributed by atoms with E-state index < -0.39 is 15.9 Å². The van der Waals surface area contributed by atoms with Gasteiger partial charge in [0, 0.05) is 43.6 Å². The summed E-state index contributed by atoms with van der Waals surface area (Å²) < 4.78 is 28.1. The van der Waals surface area contributed by atoms with E-state index in [1.54, 1.807) is 12.3 Å². The number of carbonyl (C=O) groups is 1. The molecule has 2 aromatic heterocycles. The van der Waals surface area contributed by atoms with E-state index in [2.05, 4.69) is 40.4 Å². The van der Waals surface area contributed by atoms with Gasteiger partial charge in [0.2, 0.25) is 0 Å². The Morgan fingerprint density at radius 2 is 1.83 bits per heavy atom. The Balaban J connectivity index is 1.77. The number of aromatic nitrogens is 2. The van der Waals surface area contributed by atoms with Crippen molar-refractivity contribution in [2.75, 3.05) is 36.2 Å². The number of nitrogens with two attached hydrogens (primary N) is 1. The van der Waals surface area contributed by atoms with E-state index in [9.17, 15) is 13.2 Å². The van der Waals surface area contributed by atoms with Crippen LogP contribution in [0, 0.1) is 5.92 Å². The van der Waals surface area contributed by atoms with Crippen molar-refractivity contribution in [1.29, 1.82) is 0 Å². The monoisotopic (exact) mass is 508 g/mol. The van der Waals surface area contributed by atoms with Crippen molar-refractivity contribution >= 4 is 33.3 Å². The summed E-state index contributed by atoms with van der Waals surface area (Å²) in [5, 5.41) is -0.323. The van der Waals surface area contributed by atoms with Crippen LogP contribution in [0.4, 0.5) is 17.3 Å². The average molecular weight is 509 g/mol. The van der Waals surface area contributed by atoms with Gasteiger partial charge in [0.05, 0.1) is 5.56 Å². The fourth-order valence-corrected chi connectivity index (χ4v) is 5.66. The minimum absolute atomic E-state index is 0.0450. The number of benzene rings is 1. The van der Waals surface area contributed by atoms with Gasteiger partial charge in [-0.05, 0) is 62.1 Å². The third-order valence-electron chi connectivity index (χ3n) is 6.40. The molecule has 1 amide bonds. The van der Waals surface area contributed by atoms with E-state index in [1.807, 2.05) is 43.3 Å². The molecule has 0 saturated carbocycles. The SMILES string of the molecule is CC1CN(c2ncc(-c3ccc(N(C)C)cc3)cc2C(=O)NS(=O)(=O)c2cccc(N)n2)C(C)(C)C1. The lowest BCUT2D eigenvalue weighted by Crippen LogP contribution is -2.41. The van der Waals surface area contributed by atoms with Crippen molar-refractivity contribution in [3.63, 3.8) is 0 Å². The number of hydrogen-bond donors (Lipinski definition) is 2.